The maximum atomic E-state index is 12.1. The van der Waals surface area contributed by atoms with Gasteiger partial charge in [-0.2, -0.15) is 0 Å². The number of piperidine rings is 1. The summed E-state index contributed by atoms with van der Waals surface area (Å²) in [5.74, 6) is 0.238. The van der Waals surface area contributed by atoms with Crippen molar-refractivity contribution in [1.82, 2.24) is 4.90 Å². The largest absolute Gasteiger partial charge is 0.342 e. The van der Waals surface area contributed by atoms with Crippen molar-refractivity contribution in [3.63, 3.8) is 0 Å². The molecule has 0 aliphatic carbocycles. The van der Waals surface area contributed by atoms with Crippen LogP contribution in [-0.4, -0.2) is 29.9 Å². The van der Waals surface area contributed by atoms with Gasteiger partial charge in [0, 0.05) is 24.5 Å². The van der Waals surface area contributed by atoms with Crippen molar-refractivity contribution in [1.29, 1.82) is 0 Å². The van der Waals surface area contributed by atoms with Crippen molar-refractivity contribution in [3.8, 4) is 0 Å². The highest BCUT2D eigenvalue weighted by molar-refractivity contribution is 5.81. The van der Waals surface area contributed by atoms with Gasteiger partial charge < -0.3 is 10.6 Å². The van der Waals surface area contributed by atoms with Crippen molar-refractivity contribution in [2.75, 3.05) is 13.1 Å². The molecule has 1 unspecified atom stereocenters. The Morgan fingerprint density at radius 2 is 1.93 bits per heavy atom. The van der Waals surface area contributed by atoms with Crippen molar-refractivity contribution in [3.05, 3.63) is 0 Å². The minimum Gasteiger partial charge on any atom is -0.342 e. The fourth-order valence-corrected chi connectivity index (χ4v) is 2.02. The normalized spacial score (nSPS) is 26.5. The van der Waals surface area contributed by atoms with E-state index >= 15 is 0 Å². The van der Waals surface area contributed by atoms with E-state index in [0.717, 1.165) is 19.5 Å². The van der Waals surface area contributed by atoms with Crippen LogP contribution in [0.5, 0.6) is 0 Å². The van der Waals surface area contributed by atoms with Crippen molar-refractivity contribution in [2.45, 2.75) is 47.1 Å². The first-order valence-corrected chi connectivity index (χ1v) is 5.69. The number of amides is 1. The summed E-state index contributed by atoms with van der Waals surface area (Å²) in [6.45, 7) is 11.8. The topological polar surface area (TPSA) is 46.3 Å². The molecule has 0 spiro atoms. The van der Waals surface area contributed by atoms with Gasteiger partial charge in [0.2, 0.25) is 5.91 Å². The molecule has 0 saturated carbocycles. The molecule has 1 heterocycles. The highest BCUT2D eigenvalue weighted by Crippen LogP contribution is 2.30. The Hall–Kier alpha value is -0.570. The minimum atomic E-state index is -0.280. The molecule has 1 amide bonds. The van der Waals surface area contributed by atoms with Crippen LogP contribution in [-0.2, 0) is 4.79 Å². The van der Waals surface area contributed by atoms with E-state index in [4.69, 9.17) is 5.73 Å². The fraction of sp³-hybridized carbons (Fsp3) is 0.917. The van der Waals surface area contributed by atoms with Gasteiger partial charge in [-0.05, 0) is 11.8 Å². The van der Waals surface area contributed by atoms with Gasteiger partial charge in [0.05, 0.1) is 0 Å². The second kappa shape index (κ2) is 3.78. The molecule has 1 fully saturated rings. The van der Waals surface area contributed by atoms with E-state index in [1.807, 2.05) is 25.7 Å². The van der Waals surface area contributed by atoms with Crippen LogP contribution < -0.4 is 5.73 Å². The third kappa shape index (κ3) is 2.71. The first-order chi connectivity index (χ1) is 6.64. The van der Waals surface area contributed by atoms with Crippen LogP contribution in [0.4, 0.5) is 0 Å². The lowest BCUT2D eigenvalue weighted by molar-refractivity contribution is -0.143. The van der Waals surface area contributed by atoms with Crippen LogP contribution >= 0.6 is 0 Å². The monoisotopic (exact) mass is 212 g/mol. The first-order valence-electron chi connectivity index (χ1n) is 5.69. The Kier molecular flexibility index (Phi) is 3.15. The van der Waals surface area contributed by atoms with E-state index < -0.39 is 0 Å². The third-order valence-electron chi connectivity index (χ3n) is 3.24. The number of carbonyl (C=O) groups excluding carboxylic acids is 1. The molecular weight excluding hydrogens is 188 g/mol. The van der Waals surface area contributed by atoms with Crippen molar-refractivity contribution < 1.29 is 4.79 Å². The average molecular weight is 212 g/mol. The number of hydrogen-bond acceptors (Lipinski definition) is 2. The highest BCUT2D eigenvalue weighted by atomic mass is 16.2. The Morgan fingerprint density at radius 3 is 2.33 bits per heavy atom. The molecule has 0 radical (unpaired) electrons. The highest BCUT2D eigenvalue weighted by Gasteiger charge is 2.38. The molecule has 1 saturated heterocycles. The van der Waals surface area contributed by atoms with Gasteiger partial charge in [-0.3, -0.25) is 4.79 Å². The lowest BCUT2D eigenvalue weighted by atomic mass is 9.79. The Bertz CT molecular complexity index is 253. The summed E-state index contributed by atoms with van der Waals surface area (Å²) in [6, 6.07) is 0.210. The lowest BCUT2D eigenvalue weighted by Gasteiger charge is -2.44. The molecule has 0 bridgehead atoms. The van der Waals surface area contributed by atoms with E-state index in [1.165, 1.54) is 0 Å². The van der Waals surface area contributed by atoms with Gasteiger partial charge >= 0.3 is 0 Å². The zero-order valence-corrected chi connectivity index (χ0v) is 10.6. The molecule has 3 heteroatoms. The summed E-state index contributed by atoms with van der Waals surface area (Å²) in [5, 5.41) is 0. The number of likely N-dealkylation sites (tertiary alicyclic amines) is 1. The molecule has 2 N–H and O–H groups in total. The van der Waals surface area contributed by atoms with E-state index in [0.29, 0.717) is 0 Å². The molecule has 15 heavy (non-hydrogen) atoms. The molecule has 1 aliphatic rings. The maximum absolute atomic E-state index is 12.1. The average Bonchev–Trinajstić information content (AvgIpc) is 2.07. The van der Waals surface area contributed by atoms with E-state index in [2.05, 4.69) is 13.8 Å². The molecule has 3 nitrogen and oxygen atoms in total. The summed E-state index contributed by atoms with van der Waals surface area (Å²) in [4.78, 5) is 14.1. The number of carbonyl (C=O) groups is 1. The van der Waals surface area contributed by atoms with Crippen LogP contribution in [0.15, 0.2) is 0 Å². The molecule has 1 aliphatic heterocycles. The van der Waals surface area contributed by atoms with Crippen LogP contribution in [0.25, 0.3) is 0 Å². The summed E-state index contributed by atoms with van der Waals surface area (Å²) in [6.07, 6.45) is 0.912. The first kappa shape index (κ1) is 12.5. The van der Waals surface area contributed by atoms with Crippen LogP contribution in [0.1, 0.15) is 41.0 Å². The van der Waals surface area contributed by atoms with Gasteiger partial charge in [0.25, 0.3) is 0 Å². The number of rotatable bonds is 0. The Labute approximate surface area is 93.0 Å². The molecular formula is C12H24N2O. The Morgan fingerprint density at radius 1 is 1.40 bits per heavy atom. The number of nitrogens with zero attached hydrogens (tertiary/aromatic N) is 1. The fourth-order valence-electron chi connectivity index (χ4n) is 2.02. The maximum Gasteiger partial charge on any atom is 0.227 e. The molecule has 0 aromatic heterocycles. The zero-order chi connectivity index (χ0) is 11.9. The van der Waals surface area contributed by atoms with Crippen LogP contribution in [0.3, 0.4) is 0 Å². The SMILES string of the molecule is CC(C)(C)C(=O)N1CCC(N)C(C)(C)C1. The van der Waals surface area contributed by atoms with E-state index in [-0.39, 0.29) is 22.8 Å². The second-order valence-electron chi connectivity index (χ2n) is 6.36. The van der Waals surface area contributed by atoms with Crippen LogP contribution in [0, 0.1) is 10.8 Å². The van der Waals surface area contributed by atoms with E-state index in [1.54, 1.807) is 0 Å². The predicted octanol–water partition coefficient (Wildman–Crippen LogP) is 1.62. The van der Waals surface area contributed by atoms with Gasteiger partial charge in [-0.1, -0.05) is 34.6 Å². The molecule has 1 rings (SSSR count). The lowest BCUT2D eigenvalue weighted by Crippen LogP contribution is -2.55. The molecule has 88 valence electrons. The molecule has 1 atom stereocenters. The smallest absolute Gasteiger partial charge is 0.227 e. The van der Waals surface area contributed by atoms with Gasteiger partial charge in [0.1, 0.15) is 0 Å². The summed E-state index contributed by atoms with van der Waals surface area (Å²) in [5.41, 5.74) is 5.81. The quantitative estimate of drug-likeness (QED) is 0.663. The van der Waals surface area contributed by atoms with Gasteiger partial charge in [0.15, 0.2) is 0 Å². The zero-order valence-electron chi connectivity index (χ0n) is 10.6. The standard InChI is InChI=1S/C12H24N2O/c1-11(2,3)10(15)14-7-6-9(13)12(4,5)8-14/h9H,6-8,13H2,1-5H3. The summed E-state index contributed by atoms with van der Waals surface area (Å²) < 4.78 is 0. The minimum absolute atomic E-state index is 0.0408. The van der Waals surface area contributed by atoms with Gasteiger partial charge in [-0.25, -0.2) is 0 Å². The summed E-state index contributed by atoms with van der Waals surface area (Å²) in [7, 11) is 0. The van der Waals surface area contributed by atoms with Crippen molar-refractivity contribution >= 4 is 5.91 Å². The van der Waals surface area contributed by atoms with Crippen molar-refractivity contribution in [2.24, 2.45) is 16.6 Å². The van der Waals surface area contributed by atoms with Gasteiger partial charge in [-0.15, -0.1) is 0 Å². The van der Waals surface area contributed by atoms with E-state index in [9.17, 15) is 4.79 Å². The number of hydrogen-bond donors (Lipinski definition) is 1. The third-order valence-corrected chi connectivity index (χ3v) is 3.24. The molecule has 0 aromatic rings. The number of nitrogens with two attached hydrogens (primary N) is 1. The predicted molar refractivity (Wildman–Crippen MR) is 62.4 cm³/mol. The summed E-state index contributed by atoms with van der Waals surface area (Å²) >= 11 is 0. The Balaban J connectivity index is 2.72. The second-order valence-corrected chi connectivity index (χ2v) is 6.36. The molecule has 0 aromatic carbocycles. The van der Waals surface area contributed by atoms with Crippen LogP contribution in [0.2, 0.25) is 0 Å².